The third-order valence-corrected chi connectivity index (χ3v) is 3.70. The van der Waals surface area contributed by atoms with Gasteiger partial charge in [0.1, 0.15) is 5.75 Å². The van der Waals surface area contributed by atoms with Gasteiger partial charge in [0.25, 0.3) is 5.91 Å². The molecular formula is C19H16ClNO4. The molecule has 0 bridgehead atoms. The number of carbonyl (C=O) groups is 2. The topological polar surface area (TPSA) is 75.6 Å². The van der Waals surface area contributed by atoms with Crippen molar-refractivity contribution in [2.24, 2.45) is 0 Å². The van der Waals surface area contributed by atoms with Crippen LogP contribution in [0.1, 0.15) is 22.3 Å². The fraction of sp³-hybridized carbons (Fsp3) is 0.105. The Kier molecular flexibility index (Phi) is 6.01. The lowest BCUT2D eigenvalue weighted by Gasteiger charge is -2.14. The van der Waals surface area contributed by atoms with Crippen LogP contribution < -0.4 is 10.1 Å². The molecule has 2 rings (SSSR count). The van der Waals surface area contributed by atoms with E-state index in [0.29, 0.717) is 33.2 Å². The van der Waals surface area contributed by atoms with Crippen molar-refractivity contribution in [2.75, 3.05) is 12.4 Å². The van der Waals surface area contributed by atoms with E-state index in [0.717, 1.165) is 0 Å². The highest BCUT2D eigenvalue weighted by atomic mass is 35.5. The number of hydrogen-bond donors (Lipinski definition) is 2. The normalized spacial score (nSPS) is 9.84. The number of ether oxygens (including phenoxy) is 1. The largest absolute Gasteiger partial charge is 0.497 e. The van der Waals surface area contributed by atoms with Crippen molar-refractivity contribution in [1.82, 2.24) is 0 Å². The summed E-state index contributed by atoms with van der Waals surface area (Å²) in [5.74, 6) is -0.844. The molecule has 0 saturated heterocycles. The van der Waals surface area contributed by atoms with E-state index >= 15 is 0 Å². The molecule has 5 nitrogen and oxygen atoms in total. The molecule has 2 aromatic rings. The Labute approximate surface area is 150 Å². The predicted octanol–water partition coefficient (Wildman–Crippen LogP) is 4.24. The number of anilines is 1. The first-order valence-corrected chi connectivity index (χ1v) is 7.68. The molecule has 1 amide bonds. The van der Waals surface area contributed by atoms with Crippen LogP contribution in [-0.2, 0) is 4.79 Å². The first kappa shape index (κ1) is 18.3. The number of carboxylic acids is 1. The highest BCUT2D eigenvalue weighted by Crippen LogP contribution is 2.30. The van der Waals surface area contributed by atoms with Crippen molar-refractivity contribution in [3.05, 3.63) is 70.9 Å². The number of hydrogen-bond acceptors (Lipinski definition) is 3. The monoisotopic (exact) mass is 357 g/mol. The summed E-state index contributed by atoms with van der Waals surface area (Å²) in [5, 5.41) is 12.4. The minimum Gasteiger partial charge on any atom is -0.497 e. The van der Waals surface area contributed by atoms with Gasteiger partial charge < -0.3 is 15.2 Å². The second-order valence-electron chi connectivity index (χ2n) is 5.10. The summed E-state index contributed by atoms with van der Waals surface area (Å²) in [6.45, 7) is 3.54. The fourth-order valence-corrected chi connectivity index (χ4v) is 2.33. The molecule has 0 spiro atoms. The standard InChI is InChI=1S/C19H16ClNO4/c1-3-12(10-18(22)23)16-11-15(25-2)8-9-17(16)21-19(24)13-4-6-14(20)7-5-13/h4-9,11H,1,10H2,2H3,(H,21,24)(H,22,23). The van der Waals surface area contributed by atoms with E-state index in [9.17, 15) is 9.59 Å². The van der Waals surface area contributed by atoms with Gasteiger partial charge >= 0.3 is 5.97 Å². The molecule has 0 aliphatic heterocycles. The number of carbonyl (C=O) groups excluding carboxylic acids is 1. The van der Waals surface area contributed by atoms with E-state index in [1.165, 1.54) is 7.11 Å². The molecule has 0 fully saturated rings. The highest BCUT2D eigenvalue weighted by molar-refractivity contribution is 6.30. The Morgan fingerprint density at radius 1 is 1.24 bits per heavy atom. The quantitative estimate of drug-likeness (QED) is 0.758. The van der Waals surface area contributed by atoms with Crippen molar-refractivity contribution in [2.45, 2.75) is 6.42 Å². The number of carboxylic acid groups (broad SMARTS) is 1. The lowest BCUT2D eigenvalue weighted by molar-refractivity contribution is -0.135. The van der Waals surface area contributed by atoms with Gasteiger partial charge in [-0.15, -0.1) is 5.73 Å². The third-order valence-electron chi connectivity index (χ3n) is 3.45. The van der Waals surface area contributed by atoms with Gasteiger partial charge in [-0.3, -0.25) is 9.59 Å². The Morgan fingerprint density at radius 2 is 1.92 bits per heavy atom. The minimum absolute atomic E-state index is 0.277. The van der Waals surface area contributed by atoms with Crippen molar-refractivity contribution >= 4 is 34.7 Å². The zero-order valence-electron chi connectivity index (χ0n) is 13.5. The summed E-state index contributed by atoms with van der Waals surface area (Å²) in [5.41, 5.74) is 4.32. The zero-order chi connectivity index (χ0) is 18.4. The molecule has 128 valence electrons. The minimum atomic E-state index is -1.02. The molecule has 0 aliphatic rings. The first-order chi connectivity index (χ1) is 11.9. The van der Waals surface area contributed by atoms with Gasteiger partial charge in [0.05, 0.1) is 13.5 Å². The summed E-state index contributed by atoms with van der Waals surface area (Å²) >= 11 is 5.82. The maximum absolute atomic E-state index is 12.4. The number of aliphatic carboxylic acids is 1. The van der Waals surface area contributed by atoms with Gasteiger partial charge in [0.15, 0.2) is 0 Å². The number of amides is 1. The van der Waals surface area contributed by atoms with Crippen molar-refractivity contribution in [1.29, 1.82) is 0 Å². The van der Waals surface area contributed by atoms with Crippen LogP contribution in [0.15, 0.2) is 54.8 Å². The molecule has 0 atom stereocenters. The number of rotatable bonds is 6. The van der Waals surface area contributed by atoms with Crippen LogP contribution >= 0.6 is 11.6 Å². The van der Waals surface area contributed by atoms with Crippen LogP contribution in [0.3, 0.4) is 0 Å². The van der Waals surface area contributed by atoms with Gasteiger partial charge in [-0.25, -0.2) is 0 Å². The van der Waals surface area contributed by atoms with Crippen LogP contribution in [0.2, 0.25) is 5.02 Å². The molecule has 6 heteroatoms. The molecule has 0 heterocycles. The molecule has 0 aliphatic carbocycles. The molecule has 2 aromatic carbocycles. The second kappa shape index (κ2) is 8.20. The SMILES string of the molecule is C=C=C(CC(=O)O)c1cc(OC)ccc1NC(=O)c1ccc(Cl)cc1. The van der Waals surface area contributed by atoms with E-state index in [1.807, 2.05) is 0 Å². The van der Waals surface area contributed by atoms with Gasteiger partial charge in [-0.1, -0.05) is 18.2 Å². The molecule has 2 N–H and O–H groups in total. The summed E-state index contributed by atoms with van der Waals surface area (Å²) < 4.78 is 5.18. The van der Waals surface area contributed by atoms with E-state index in [-0.39, 0.29) is 12.3 Å². The van der Waals surface area contributed by atoms with Crippen LogP contribution in [0.5, 0.6) is 5.75 Å². The van der Waals surface area contributed by atoms with Crippen molar-refractivity contribution < 1.29 is 19.4 Å². The average Bonchev–Trinajstić information content (AvgIpc) is 2.60. The maximum Gasteiger partial charge on any atom is 0.308 e. The molecule has 0 radical (unpaired) electrons. The van der Waals surface area contributed by atoms with Gasteiger partial charge in [0.2, 0.25) is 0 Å². The second-order valence-corrected chi connectivity index (χ2v) is 5.53. The number of methoxy groups -OCH3 is 1. The smallest absolute Gasteiger partial charge is 0.308 e. The lowest BCUT2D eigenvalue weighted by atomic mass is 10.0. The molecule has 0 saturated carbocycles. The highest BCUT2D eigenvalue weighted by Gasteiger charge is 2.15. The molecule has 0 unspecified atom stereocenters. The first-order valence-electron chi connectivity index (χ1n) is 7.30. The third kappa shape index (κ3) is 4.73. The van der Waals surface area contributed by atoms with Crippen LogP contribution in [-0.4, -0.2) is 24.1 Å². The predicted molar refractivity (Wildman–Crippen MR) is 97.2 cm³/mol. The van der Waals surface area contributed by atoms with E-state index in [4.69, 9.17) is 21.4 Å². The van der Waals surface area contributed by atoms with Crippen LogP contribution in [0.4, 0.5) is 5.69 Å². The number of halogens is 1. The molecule has 25 heavy (non-hydrogen) atoms. The Morgan fingerprint density at radius 3 is 2.48 bits per heavy atom. The van der Waals surface area contributed by atoms with Crippen molar-refractivity contribution in [3.63, 3.8) is 0 Å². The maximum atomic E-state index is 12.4. The van der Waals surface area contributed by atoms with E-state index < -0.39 is 5.97 Å². The van der Waals surface area contributed by atoms with Crippen LogP contribution in [0.25, 0.3) is 5.57 Å². The van der Waals surface area contributed by atoms with E-state index in [2.05, 4.69) is 17.6 Å². The number of benzene rings is 2. The van der Waals surface area contributed by atoms with E-state index in [1.54, 1.807) is 42.5 Å². The number of nitrogens with one attached hydrogen (secondary N) is 1. The molecular weight excluding hydrogens is 342 g/mol. The Hall–Kier alpha value is -3.01. The van der Waals surface area contributed by atoms with Crippen molar-refractivity contribution in [3.8, 4) is 5.75 Å². The summed E-state index contributed by atoms with van der Waals surface area (Å²) in [6.07, 6.45) is -0.277. The van der Waals surface area contributed by atoms with Gasteiger partial charge in [-0.2, -0.15) is 0 Å². The summed E-state index contributed by atoms with van der Waals surface area (Å²) in [7, 11) is 1.50. The van der Waals surface area contributed by atoms with Gasteiger partial charge in [0, 0.05) is 27.4 Å². The van der Waals surface area contributed by atoms with Gasteiger partial charge in [-0.05, 0) is 42.5 Å². The Bertz CT molecular complexity index is 852. The summed E-state index contributed by atoms with van der Waals surface area (Å²) in [4.78, 5) is 23.5. The molecule has 0 aromatic heterocycles. The fourth-order valence-electron chi connectivity index (χ4n) is 2.21. The Balaban J connectivity index is 2.39. The van der Waals surface area contributed by atoms with Crippen LogP contribution in [0, 0.1) is 0 Å². The average molecular weight is 358 g/mol. The lowest BCUT2D eigenvalue weighted by Crippen LogP contribution is -2.13. The zero-order valence-corrected chi connectivity index (χ0v) is 14.3. The summed E-state index contributed by atoms with van der Waals surface area (Å²) in [6, 6.07) is 11.4.